The molecule has 128 valence electrons. The first-order valence-electron chi connectivity index (χ1n) is 7.08. The van der Waals surface area contributed by atoms with E-state index in [2.05, 4.69) is 4.98 Å². The lowest BCUT2D eigenvalue weighted by atomic mass is 10.1. The van der Waals surface area contributed by atoms with Gasteiger partial charge in [0, 0.05) is 12.6 Å². The number of sulfonamides is 1. The fourth-order valence-electron chi connectivity index (χ4n) is 2.29. The Morgan fingerprint density at radius 1 is 1.33 bits per heavy atom. The molecule has 24 heavy (non-hydrogen) atoms. The molecule has 0 saturated heterocycles. The van der Waals surface area contributed by atoms with Gasteiger partial charge in [-0.2, -0.15) is 0 Å². The Balaban J connectivity index is 2.35. The number of pyridine rings is 1. The number of aromatic nitrogens is 1. The molecule has 1 atom stereocenters. The van der Waals surface area contributed by atoms with Crippen LogP contribution in [0.5, 0.6) is 0 Å². The first-order valence-corrected chi connectivity index (χ1v) is 8.62. The average Bonchev–Trinajstić information content (AvgIpc) is 2.52. The van der Waals surface area contributed by atoms with Crippen LogP contribution in [0, 0.1) is 17.0 Å². The van der Waals surface area contributed by atoms with E-state index >= 15 is 0 Å². The van der Waals surface area contributed by atoms with E-state index in [4.69, 9.17) is 5.14 Å². The zero-order chi connectivity index (χ0) is 18.1. The minimum absolute atomic E-state index is 0.0353. The molecule has 1 aromatic heterocycles. The quantitative estimate of drug-likeness (QED) is 0.651. The minimum atomic E-state index is -3.78. The smallest absolute Gasteiger partial charge is 0.290 e. The van der Waals surface area contributed by atoms with Crippen LogP contribution in [-0.2, 0) is 10.0 Å². The summed E-state index contributed by atoms with van der Waals surface area (Å²) in [4.78, 5) is 16.4. The van der Waals surface area contributed by atoms with Gasteiger partial charge in [0.25, 0.3) is 5.69 Å². The molecule has 9 heteroatoms. The Morgan fingerprint density at radius 2 is 2.00 bits per heavy atom. The van der Waals surface area contributed by atoms with Gasteiger partial charge in [-0.1, -0.05) is 12.1 Å². The van der Waals surface area contributed by atoms with E-state index in [1.54, 1.807) is 37.1 Å². The number of primary sulfonamides is 1. The number of rotatable bonds is 5. The molecule has 2 rings (SSSR count). The topological polar surface area (TPSA) is 119 Å². The molecular weight excluding hydrogens is 332 g/mol. The normalized spacial score (nSPS) is 12.7. The van der Waals surface area contributed by atoms with Crippen LogP contribution in [0.4, 0.5) is 11.5 Å². The second-order valence-electron chi connectivity index (χ2n) is 5.49. The largest absolute Gasteiger partial charge is 0.353 e. The molecule has 1 unspecified atom stereocenters. The molecule has 0 spiro atoms. The average molecular weight is 350 g/mol. The van der Waals surface area contributed by atoms with Crippen LogP contribution in [0.2, 0.25) is 0 Å². The van der Waals surface area contributed by atoms with E-state index in [9.17, 15) is 18.5 Å². The van der Waals surface area contributed by atoms with Gasteiger partial charge in [-0.25, -0.2) is 18.5 Å². The maximum atomic E-state index is 11.5. The molecule has 0 radical (unpaired) electrons. The zero-order valence-electron chi connectivity index (χ0n) is 13.5. The summed E-state index contributed by atoms with van der Waals surface area (Å²) >= 11 is 0. The fourth-order valence-corrected chi connectivity index (χ4v) is 2.86. The predicted octanol–water partition coefficient (Wildman–Crippen LogP) is 2.14. The van der Waals surface area contributed by atoms with Gasteiger partial charge in [0.05, 0.1) is 15.9 Å². The Labute approximate surface area is 140 Å². The van der Waals surface area contributed by atoms with Gasteiger partial charge in [-0.15, -0.1) is 0 Å². The van der Waals surface area contributed by atoms with Crippen molar-refractivity contribution in [2.24, 2.45) is 5.14 Å². The van der Waals surface area contributed by atoms with Crippen molar-refractivity contribution in [3.8, 4) is 0 Å². The molecule has 2 aromatic rings. The van der Waals surface area contributed by atoms with Gasteiger partial charge in [-0.3, -0.25) is 10.1 Å². The third-order valence-corrected chi connectivity index (χ3v) is 4.79. The zero-order valence-corrected chi connectivity index (χ0v) is 14.3. The third kappa shape index (κ3) is 3.69. The molecule has 0 aliphatic heterocycles. The monoisotopic (exact) mass is 350 g/mol. The molecule has 0 fully saturated rings. The first kappa shape index (κ1) is 17.8. The van der Waals surface area contributed by atoms with Crippen molar-refractivity contribution in [1.29, 1.82) is 0 Å². The minimum Gasteiger partial charge on any atom is -0.353 e. The van der Waals surface area contributed by atoms with Gasteiger partial charge in [0.2, 0.25) is 10.0 Å². The van der Waals surface area contributed by atoms with Gasteiger partial charge in [0.1, 0.15) is 12.0 Å². The Kier molecular flexibility index (Phi) is 4.86. The molecule has 1 aromatic carbocycles. The summed E-state index contributed by atoms with van der Waals surface area (Å²) in [6, 6.07) is 7.76. The highest BCUT2D eigenvalue weighted by atomic mass is 32.2. The van der Waals surface area contributed by atoms with E-state index in [1.165, 1.54) is 18.3 Å². The molecule has 0 saturated carbocycles. The number of anilines is 1. The highest BCUT2D eigenvalue weighted by Gasteiger charge is 2.18. The molecule has 0 bridgehead atoms. The van der Waals surface area contributed by atoms with Gasteiger partial charge in [-0.05, 0) is 37.6 Å². The van der Waals surface area contributed by atoms with Crippen molar-refractivity contribution in [3.63, 3.8) is 0 Å². The highest BCUT2D eigenvalue weighted by molar-refractivity contribution is 7.89. The maximum absolute atomic E-state index is 11.5. The SMILES string of the molecule is Cc1cc(N(C)C(C)c2cccc(S(N)(=O)=O)c2)ncc1[N+](=O)[O-]. The van der Waals surface area contributed by atoms with Crippen LogP contribution in [0.1, 0.15) is 24.1 Å². The molecule has 2 N–H and O–H groups in total. The number of nitro groups is 1. The summed E-state index contributed by atoms with van der Waals surface area (Å²) in [5, 5.41) is 16.0. The fraction of sp³-hybridized carbons (Fsp3) is 0.267. The lowest BCUT2D eigenvalue weighted by Crippen LogP contribution is -2.23. The summed E-state index contributed by atoms with van der Waals surface area (Å²) in [7, 11) is -2.00. The second-order valence-corrected chi connectivity index (χ2v) is 7.05. The summed E-state index contributed by atoms with van der Waals surface area (Å²) in [6.07, 6.45) is 1.22. The van der Waals surface area contributed by atoms with E-state index in [0.29, 0.717) is 11.4 Å². The summed E-state index contributed by atoms with van der Waals surface area (Å²) in [5.41, 5.74) is 1.19. The van der Waals surface area contributed by atoms with Crippen molar-refractivity contribution in [2.45, 2.75) is 24.8 Å². The summed E-state index contributed by atoms with van der Waals surface area (Å²) in [6.45, 7) is 3.52. The van der Waals surface area contributed by atoms with Gasteiger partial charge in [0.15, 0.2) is 0 Å². The van der Waals surface area contributed by atoms with E-state index in [-0.39, 0.29) is 16.6 Å². The Morgan fingerprint density at radius 3 is 2.54 bits per heavy atom. The van der Waals surface area contributed by atoms with Crippen molar-refractivity contribution in [1.82, 2.24) is 4.98 Å². The van der Waals surface area contributed by atoms with Crippen LogP contribution in [0.3, 0.4) is 0 Å². The van der Waals surface area contributed by atoms with Crippen molar-refractivity contribution >= 4 is 21.5 Å². The van der Waals surface area contributed by atoms with Crippen LogP contribution >= 0.6 is 0 Å². The second kappa shape index (κ2) is 6.54. The van der Waals surface area contributed by atoms with Crippen LogP contribution in [-0.4, -0.2) is 25.4 Å². The number of hydrogen-bond donors (Lipinski definition) is 1. The number of nitrogens with zero attached hydrogens (tertiary/aromatic N) is 3. The van der Waals surface area contributed by atoms with Crippen molar-refractivity contribution < 1.29 is 13.3 Å². The molecule has 8 nitrogen and oxygen atoms in total. The van der Waals surface area contributed by atoms with Crippen LogP contribution in [0.25, 0.3) is 0 Å². The highest BCUT2D eigenvalue weighted by Crippen LogP contribution is 2.27. The summed E-state index contributed by atoms with van der Waals surface area (Å²) < 4.78 is 23.0. The van der Waals surface area contributed by atoms with E-state index in [0.717, 1.165) is 5.56 Å². The molecule has 1 heterocycles. The Bertz CT molecular complexity index is 883. The van der Waals surface area contributed by atoms with Crippen LogP contribution < -0.4 is 10.0 Å². The molecule has 0 aliphatic rings. The van der Waals surface area contributed by atoms with E-state index < -0.39 is 14.9 Å². The lowest BCUT2D eigenvalue weighted by molar-refractivity contribution is -0.385. The molecular formula is C15H18N4O4S. The first-order chi connectivity index (χ1) is 11.1. The number of nitrogens with two attached hydrogens (primary N) is 1. The Hall–Kier alpha value is -2.52. The van der Waals surface area contributed by atoms with Gasteiger partial charge >= 0.3 is 0 Å². The number of hydrogen-bond acceptors (Lipinski definition) is 6. The number of benzene rings is 1. The van der Waals surface area contributed by atoms with Gasteiger partial charge < -0.3 is 4.90 Å². The van der Waals surface area contributed by atoms with Crippen molar-refractivity contribution in [2.75, 3.05) is 11.9 Å². The predicted molar refractivity (Wildman–Crippen MR) is 90.3 cm³/mol. The maximum Gasteiger partial charge on any atom is 0.290 e. The standard InChI is InChI=1S/C15H18N4O4S/c1-10-7-15(17-9-14(10)19(20)21)18(3)11(2)12-5-4-6-13(8-12)24(16,22)23/h4-9,11H,1-3H3,(H2,16,22,23). The van der Waals surface area contributed by atoms with Crippen LogP contribution in [0.15, 0.2) is 41.4 Å². The van der Waals surface area contributed by atoms with E-state index in [1.807, 2.05) is 6.92 Å². The third-order valence-electron chi connectivity index (χ3n) is 3.88. The molecule has 0 amide bonds. The molecule has 0 aliphatic carbocycles. The lowest BCUT2D eigenvalue weighted by Gasteiger charge is -2.26. The summed E-state index contributed by atoms with van der Waals surface area (Å²) in [5.74, 6) is 0.548. The number of aryl methyl sites for hydroxylation is 1. The van der Waals surface area contributed by atoms with Crippen molar-refractivity contribution in [3.05, 3.63) is 57.8 Å².